The van der Waals surface area contributed by atoms with Crippen LogP contribution in [0.4, 0.5) is 0 Å². The van der Waals surface area contributed by atoms with Gasteiger partial charge in [0.1, 0.15) is 5.60 Å². The zero-order valence-corrected chi connectivity index (χ0v) is 18.5. The highest BCUT2D eigenvalue weighted by atomic mass is 35.5. The smallest absolute Gasteiger partial charge is 0.254 e. The van der Waals surface area contributed by atoms with Crippen LogP contribution in [0.5, 0.6) is 0 Å². The zero-order chi connectivity index (χ0) is 18.4. The van der Waals surface area contributed by atoms with Crippen molar-refractivity contribution < 1.29 is 14.3 Å². The van der Waals surface area contributed by atoms with Crippen LogP contribution in [0.3, 0.4) is 0 Å². The first kappa shape index (κ1) is 25.4. The van der Waals surface area contributed by atoms with E-state index in [1.165, 1.54) is 19.3 Å². The average molecular weight is 439 g/mol. The number of halogens is 2. The van der Waals surface area contributed by atoms with Gasteiger partial charge in [-0.1, -0.05) is 19.3 Å². The number of carbonyl (C=O) groups is 2. The SMILES string of the molecule is COC1(C(=O)N2CCN(CC(=O)NC3CCCCC3)CC2)CCNCC1.Cl.Cl. The number of rotatable bonds is 5. The van der Waals surface area contributed by atoms with Crippen molar-refractivity contribution in [1.29, 1.82) is 0 Å². The van der Waals surface area contributed by atoms with Gasteiger partial charge in [0.15, 0.2) is 0 Å². The lowest BCUT2D eigenvalue weighted by Crippen LogP contribution is -2.59. The number of carbonyl (C=O) groups excluding carboxylic acids is 2. The van der Waals surface area contributed by atoms with E-state index in [9.17, 15) is 9.59 Å². The van der Waals surface area contributed by atoms with E-state index < -0.39 is 5.60 Å². The number of hydrogen-bond donors (Lipinski definition) is 2. The minimum Gasteiger partial charge on any atom is -0.368 e. The number of amides is 2. The summed E-state index contributed by atoms with van der Waals surface area (Å²) in [6, 6.07) is 0.362. The summed E-state index contributed by atoms with van der Waals surface area (Å²) in [5.41, 5.74) is -0.661. The van der Waals surface area contributed by atoms with E-state index >= 15 is 0 Å². The number of piperazine rings is 1. The molecule has 28 heavy (non-hydrogen) atoms. The first-order valence-electron chi connectivity index (χ1n) is 10.2. The predicted molar refractivity (Wildman–Crippen MR) is 114 cm³/mol. The number of piperidine rings is 1. The van der Waals surface area contributed by atoms with Crippen molar-refractivity contribution in [2.45, 2.75) is 56.6 Å². The van der Waals surface area contributed by atoms with Crippen LogP contribution in [0.25, 0.3) is 0 Å². The molecule has 2 heterocycles. The van der Waals surface area contributed by atoms with Gasteiger partial charge in [-0.25, -0.2) is 0 Å². The Kier molecular flexibility index (Phi) is 11.1. The molecule has 0 spiro atoms. The van der Waals surface area contributed by atoms with E-state index in [1.807, 2.05) is 4.90 Å². The molecule has 164 valence electrons. The lowest BCUT2D eigenvalue weighted by molar-refractivity contribution is -0.160. The summed E-state index contributed by atoms with van der Waals surface area (Å²) in [4.78, 5) is 29.3. The largest absolute Gasteiger partial charge is 0.368 e. The summed E-state index contributed by atoms with van der Waals surface area (Å²) in [6.07, 6.45) is 7.43. The fourth-order valence-corrected chi connectivity index (χ4v) is 4.46. The maximum atomic E-state index is 13.0. The molecule has 2 saturated heterocycles. The van der Waals surface area contributed by atoms with Gasteiger partial charge in [-0.05, 0) is 38.8 Å². The highest BCUT2D eigenvalue weighted by molar-refractivity contribution is 5.86. The van der Waals surface area contributed by atoms with E-state index in [2.05, 4.69) is 15.5 Å². The Morgan fingerprint density at radius 1 is 1.04 bits per heavy atom. The van der Waals surface area contributed by atoms with Crippen molar-refractivity contribution in [3.05, 3.63) is 0 Å². The molecule has 9 heteroatoms. The Hall–Kier alpha value is -0.600. The Labute approximate surface area is 181 Å². The topological polar surface area (TPSA) is 73.9 Å². The molecule has 0 atom stereocenters. The zero-order valence-electron chi connectivity index (χ0n) is 16.9. The third-order valence-electron chi connectivity index (χ3n) is 6.19. The second kappa shape index (κ2) is 12.2. The fraction of sp³-hybridized carbons (Fsp3) is 0.895. The van der Waals surface area contributed by atoms with Crippen LogP contribution in [0.15, 0.2) is 0 Å². The Morgan fingerprint density at radius 3 is 2.21 bits per heavy atom. The first-order chi connectivity index (χ1) is 12.6. The average Bonchev–Trinajstić information content (AvgIpc) is 2.69. The molecule has 7 nitrogen and oxygen atoms in total. The summed E-state index contributed by atoms with van der Waals surface area (Å²) in [5.74, 6) is 0.246. The van der Waals surface area contributed by atoms with Crippen LogP contribution in [-0.2, 0) is 14.3 Å². The first-order valence-corrected chi connectivity index (χ1v) is 10.2. The van der Waals surface area contributed by atoms with Crippen LogP contribution in [0.1, 0.15) is 44.9 Å². The van der Waals surface area contributed by atoms with Gasteiger partial charge in [-0.3, -0.25) is 14.5 Å². The maximum Gasteiger partial charge on any atom is 0.254 e. The monoisotopic (exact) mass is 438 g/mol. The number of nitrogens with zero attached hydrogens (tertiary/aromatic N) is 2. The number of nitrogens with one attached hydrogen (secondary N) is 2. The third-order valence-corrected chi connectivity index (χ3v) is 6.19. The fourth-order valence-electron chi connectivity index (χ4n) is 4.46. The minimum atomic E-state index is -0.661. The normalized spacial score (nSPS) is 23.2. The predicted octanol–water partition coefficient (Wildman–Crippen LogP) is 1.19. The number of hydrogen-bond acceptors (Lipinski definition) is 5. The van der Waals surface area contributed by atoms with E-state index in [1.54, 1.807) is 7.11 Å². The molecular formula is C19H36Cl2N4O3. The van der Waals surface area contributed by atoms with Crippen molar-refractivity contribution in [3.63, 3.8) is 0 Å². The molecule has 3 fully saturated rings. The molecule has 0 aromatic rings. The van der Waals surface area contributed by atoms with Gasteiger partial charge >= 0.3 is 0 Å². The van der Waals surface area contributed by atoms with Crippen molar-refractivity contribution in [1.82, 2.24) is 20.4 Å². The van der Waals surface area contributed by atoms with Crippen molar-refractivity contribution in [2.24, 2.45) is 0 Å². The van der Waals surface area contributed by atoms with Gasteiger partial charge < -0.3 is 20.3 Å². The standard InChI is InChI=1S/C19H34N4O3.2ClH/c1-26-19(7-9-20-10-8-19)18(25)23-13-11-22(12-14-23)15-17(24)21-16-5-3-2-4-6-16;;/h16,20H,2-15H2,1H3,(H,21,24);2*1H. The second-order valence-electron chi connectivity index (χ2n) is 7.92. The van der Waals surface area contributed by atoms with Crippen LogP contribution in [0, 0.1) is 0 Å². The van der Waals surface area contributed by atoms with Crippen LogP contribution >= 0.6 is 24.8 Å². The molecular weight excluding hydrogens is 403 g/mol. The molecule has 0 bridgehead atoms. The van der Waals surface area contributed by atoms with Gasteiger partial charge in [0.2, 0.25) is 5.91 Å². The molecule has 2 aliphatic heterocycles. The molecule has 0 aromatic heterocycles. The molecule has 0 radical (unpaired) electrons. The summed E-state index contributed by atoms with van der Waals surface area (Å²) in [5, 5.41) is 6.47. The Balaban J connectivity index is 0.00000196. The van der Waals surface area contributed by atoms with Gasteiger partial charge in [0, 0.05) is 39.3 Å². The lowest BCUT2D eigenvalue weighted by Gasteiger charge is -2.42. The van der Waals surface area contributed by atoms with Crippen LogP contribution < -0.4 is 10.6 Å². The summed E-state index contributed by atoms with van der Waals surface area (Å²) >= 11 is 0. The van der Waals surface area contributed by atoms with Gasteiger partial charge in [0.25, 0.3) is 5.91 Å². The highest BCUT2D eigenvalue weighted by Gasteiger charge is 2.43. The molecule has 2 amide bonds. The van der Waals surface area contributed by atoms with Crippen molar-refractivity contribution in [2.75, 3.05) is 52.9 Å². The van der Waals surface area contributed by atoms with E-state index in [0.717, 1.165) is 51.9 Å². The quantitative estimate of drug-likeness (QED) is 0.674. The van der Waals surface area contributed by atoms with Crippen molar-refractivity contribution in [3.8, 4) is 0 Å². The lowest BCUT2D eigenvalue weighted by atomic mass is 9.90. The number of methoxy groups -OCH3 is 1. The van der Waals surface area contributed by atoms with Gasteiger partial charge in [-0.15, -0.1) is 24.8 Å². The number of ether oxygens (including phenoxy) is 1. The molecule has 1 saturated carbocycles. The highest BCUT2D eigenvalue weighted by Crippen LogP contribution is 2.25. The summed E-state index contributed by atoms with van der Waals surface area (Å²) in [6.45, 7) is 4.94. The third kappa shape index (κ3) is 6.46. The van der Waals surface area contributed by atoms with Crippen LogP contribution in [-0.4, -0.2) is 86.2 Å². The van der Waals surface area contributed by atoms with E-state index in [0.29, 0.717) is 25.7 Å². The molecule has 1 aliphatic carbocycles. The van der Waals surface area contributed by atoms with E-state index in [4.69, 9.17) is 4.74 Å². The minimum absolute atomic E-state index is 0. The molecule has 3 rings (SSSR count). The second-order valence-corrected chi connectivity index (χ2v) is 7.92. The molecule has 0 aromatic carbocycles. The van der Waals surface area contributed by atoms with Gasteiger partial charge in [0.05, 0.1) is 6.54 Å². The van der Waals surface area contributed by atoms with Crippen LogP contribution in [0.2, 0.25) is 0 Å². The van der Waals surface area contributed by atoms with Gasteiger partial charge in [-0.2, -0.15) is 0 Å². The summed E-state index contributed by atoms with van der Waals surface area (Å²) in [7, 11) is 1.65. The molecule has 3 aliphatic rings. The maximum absolute atomic E-state index is 13.0. The Bertz CT molecular complexity index is 490. The summed E-state index contributed by atoms with van der Waals surface area (Å²) < 4.78 is 5.66. The molecule has 0 unspecified atom stereocenters. The van der Waals surface area contributed by atoms with Crippen molar-refractivity contribution >= 4 is 36.6 Å². The Morgan fingerprint density at radius 2 is 1.64 bits per heavy atom. The molecule has 2 N–H and O–H groups in total. The van der Waals surface area contributed by atoms with E-state index in [-0.39, 0.29) is 36.6 Å².